The van der Waals surface area contributed by atoms with Crippen molar-refractivity contribution in [3.8, 4) is 0 Å². The number of nitrogens with two attached hydrogens (primary N) is 1. The summed E-state index contributed by atoms with van der Waals surface area (Å²) in [4.78, 5) is 37.3. The third kappa shape index (κ3) is 9.41. The van der Waals surface area contributed by atoms with Gasteiger partial charge in [-0.1, -0.05) is 67.5 Å². The minimum absolute atomic E-state index is 0.120. The Morgan fingerprint density at radius 2 is 1.72 bits per heavy atom. The molecule has 0 saturated carbocycles. The van der Waals surface area contributed by atoms with E-state index in [-0.39, 0.29) is 11.7 Å². The van der Waals surface area contributed by atoms with Crippen LogP contribution in [-0.2, 0) is 17.8 Å². The van der Waals surface area contributed by atoms with Crippen LogP contribution in [0.5, 0.6) is 0 Å². The quantitative estimate of drug-likeness (QED) is 0.500. The number of likely N-dealkylation sites (tertiary alicyclic amines) is 1. The van der Waals surface area contributed by atoms with Crippen molar-refractivity contribution in [1.29, 1.82) is 0 Å². The lowest BCUT2D eigenvalue weighted by Gasteiger charge is -2.31. The molecule has 39 heavy (non-hydrogen) atoms. The monoisotopic (exact) mass is 530 g/mol. The molecule has 208 valence electrons. The van der Waals surface area contributed by atoms with Crippen molar-refractivity contribution in [2.24, 2.45) is 11.7 Å². The fourth-order valence-electron chi connectivity index (χ4n) is 5.19. The van der Waals surface area contributed by atoms with Gasteiger partial charge in [0.05, 0.1) is 17.3 Å². The molecule has 2 aromatic rings. The van der Waals surface area contributed by atoms with E-state index in [0.717, 1.165) is 57.4 Å². The molecule has 1 amide bonds. The van der Waals surface area contributed by atoms with Gasteiger partial charge in [0.15, 0.2) is 5.78 Å². The lowest BCUT2D eigenvalue weighted by molar-refractivity contribution is -0.122. The number of nitrogens with one attached hydrogen (secondary N) is 2. The average molecular weight is 531 g/mol. The van der Waals surface area contributed by atoms with Crippen LogP contribution in [0.2, 0.25) is 0 Å². The number of hydrogen-bond donors (Lipinski definition) is 3. The Morgan fingerprint density at radius 1 is 0.974 bits per heavy atom. The number of aryl methyl sites for hydroxylation is 1. The van der Waals surface area contributed by atoms with E-state index in [0.29, 0.717) is 49.8 Å². The molecule has 1 saturated heterocycles. The largest absolute Gasteiger partial charge is 0.351 e. The van der Waals surface area contributed by atoms with E-state index >= 15 is 0 Å². The van der Waals surface area contributed by atoms with E-state index in [4.69, 9.17) is 10.7 Å². The Kier molecular flexibility index (Phi) is 11.2. The molecule has 4 rings (SSSR count). The Morgan fingerprint density at radius 3 is 2.49 bits per heavy atom. The second-order valence-electron chi connectivity index (χ2n) is 10.6. The summed E-state index contributed by atoms with van der Waals surface area (Å²) in [5, 5.41) is 6.08. The van der Waals surface area contributed by atoms with Gasteiger partial charge in [0, 0.05) is 32.3 Å². The minimum atomic E-state index is -0.501. The Hall–Kier alpha value is -3.36. The molecular formula is C31H42N6O2. The van der Waals surface area contributed by atoms with Crippen LogP contribution in [0, 0.1) is 5.92 Å². The SMILES string of the molecule is N[C@H]1CCCCCc2nc(ncc2C(=O)CC2CCN(Cc3ccccc3)CC2)NC/C=C\C=C/CNC1=O. The van der Waals surface area contributed by atoms with Crippen molar-refractivity contribution in [3.63, 3.8) is 0 Å². The van der Waals surface area contributed by atoms with Crippen LogP contribution in [0.4, 0.5) is 5.95 Å². The number of allylic oxidation sites excluding steroid dienone is 2. The van der Waals surface area contributed by atoms with Gasteiger partial charge in [-0.15, -0.1) is 0 Å². The predicted molar refractivity (Wildman–Crippen MR) is 155 cm³/mol. The summed E-state index contributed by atoms with van der Waals surface area (Å²) in [6.45, 7) is 4.02. The molecule has 0 spiro atoms. The molecule has 2 aliphatic rings. The number of benzene rings is 1. The van der Waals surface area contributed by atoms with Crippen molar-refractivity contribution in [1.82, 2.24) is 20.2 Å². The van der Waals surface area contributed by atoms with Crippen molar-refractivity contribution in [3.05, 3.63) is 77.7 Å². The first-order valence-electron chi connectivity index (χ1n) is 14.3. The molecule has 1 fully saturated rings. The van der Waals surface area contributed by atoms with Gasteiger partial charge in [0.2, 0.25) is 11.9 Å². The third-order valence-electron chi connectivity index (χ3n) is 7.52. The molecule has 8 nitrogen and oxygen atoms in total. The maximum Gasteiger partial charge on any atom is 0.237 e. The molecule has 2 bridgehead atoms. The maximum atomic E-state index is 13.4. The molecule has 0 radical (unpaired) electrons. The highest BCUT2D eigenvalue weighted by atomic mass is 16.2. The number of carbonyl (C=O) groups excluding carboxylic acids is 2. The third-order valence-corrected chi connectivity index (χ3v) is 7.52. The number of rotatable bonds is 5. The minimum Gasteiger partial charge on any atom is -0.351 e. The molecule has 8 heteroatoms. The summed E-state index contributed by atoms with van der Waals surface area (Å²) in [7, 11) is 0. The smallest absolute Gasteiger partial charge is 0.237 e. The van der Waals surface area contributed by atoms with Gasteiger partial charge in [-0.3, -0.25) is 14.5 Å². The zero-order valence-electron chi connectivity index (χ0n) is 22.9. The Bertz CT molecular complexity index is 1130. The number of hydrogen-bond acceptors (Lipinski definition) is 7. The first-order chi connectivity index (χ1) is 19.1. The number of ketones is 1. The Labute approximate surface area is 232 Å². The van der Waals surface area contributed by atoms with Crippen LogP contribution < -0.4 is 16.4 Å². The molecule has 1 aromatic heterocycles. The first kappa shape index (κ1) is 28.6. The average Bonchev–Trinajstić information content (AvgIpc) is 2.95. The van der Waals surface area contributed by atoms with Gasteiger partial charge in [0.25, 0.3) is 0 Å². The van der Waals surface area contributed by atoms with E-state index in [1.54, 1.807) is 6.20 Å². The van der Waals surface area contributed by atoms with Crippen molar-refractivity contribution in [2.75, 3.05) is 31.5 Å². The topological polar surface area (TPSA) is 113 Å². The highest BCUT2D eigenvalue weighted by molar-refractivity contribution is 5.97. The van der Waals surface area contributed by atoms with E-state index in [1.807, 2.05) is 30.4 Å². The maximum absolute atomic E-state index is 13.4. The fourth-order valence-corrected chi connectivity index (χ4v) is 5.19. The van der Waals surface area contributed by atoms with Crippen molar-refractivity contribution >= 4 is 17.6 Å². The zero-order chi connectivity index (χ0) is 27.3. The molecule has 0 unspecified atom stereocenters. The number of anilines is 1. The highest BCUT2D eigenvalue weighted by Gasteiger charge is 2.24. The lowest BCUT2D eigenvalue weighted by atomic mass is 9.89. The number of amides is 1. The number of piperidine rings is 1. The van der Waals surface area contributed by atoms with E-state index in [1.165, 1.54) is 5.56 Å². The number of Topliss-reactive ketones (excluding diaryl/α,β-unsaturated/α-hetero) is 1. The van der Waals surface area contributed by atoms with E-state index in [9.17, 15) is 9.59 Å². The van der Waals surface area contributed by atoms with Gasteiger partial charge >= 0.3 is 0 Å². The second-order valence-corrected chi connectivity index (χ2v) is 10.6. The summed E-state index contributed by atoms with van der Waals surface area (Å²) in [5.74, 6) is 0.953. The number of carbonyl (C=O) groups is 2. The first-order valence-corrected chi connectivity index (χ1v) is 14.3. The van der Waals surface area contributed by atoms with Crippen LogP contribution in [0.15, 0.2) is 60.8 Å². The van der Waals surface area contributed by atoms with Crippen molar-refractivity contribution < 1.29 is 9.59 Å². The fraction of sp³-hybridized carbons (Fsp3) is 0.484. The standard InChI is InChI=1S/C31H42N6O2/c32-27-13-7-4-8-14-28-26(22-35-31(36-28)34-18-10-2-1-9-17-33-30(27)39)29(38)21-24-15-19-37(20-16-24)23-25-11-5-3-6-12-25/h1-3,5-6,9-12,22,24,27H,4,7-8,13-21,23,32H2,(H,33,39)(H,34,35,36)/b9-1-,10-2-/t27-/m0/s1. The molecule has 3 heterocycles. The molecule has 0 aliphatic carbocycles. The van der Waals surface area contributed by atoms with Crippen LogP contribution >= 0.6 is 0 Å². The molecule has 1 aromatic carbocycles. The second kappa shape index (κ2) is 15.3. The molecule has 4 N–H and O–H groups in total. The summed E-state index contributed by atoms with van der Waals surface area (Å²) >= 11 is 0. The molecule has 1 atom stereocenters. The molecular weight excluding hydrogens is 488 g/mol. The van der Waals surface area contributed by atoms with Crippen LogP contribution in [-0.4, -0.2) is 58.8 Å². The van der Waals surface area contributed by atoms with E-state index < -0.39 is 6.04 Å². The number of aromatic nitrogens is 2. The zero-order valence-corrected chi connectivity index (χ0v) is 22.9. The van der Waals surface area contributed by atoms with Gasteiger partial charge in [-0.2, -0.15) is 0 Å². The normalized spacial score (nSPS) is 22.1. The van der Waals surface area contributed by atoms with E-state index in [2.05, 4.69) is 44.8 Å². The van der Waals surface area contributed by atoms with Crippen molar-refractivity contribution in [2.45, 2.75) is 64.0 Å². The van der Waals surface area contributed by atoms with Gasteiger partial charge < -0.3 is 16.4 Å². The summed E-state index contributed by atoms with van der Waals surface area (Å²) in [6.07, 6.45) is 15.9. The lowest BCUT2D eigenvalue weighted by Crippen LogP contribution is -2.40. The summed E-state index contributed by atoms with van der Waals surface area (Å²) in [5.41, 5.74) is 8.85. The van der Waals surface area contributed by atoms with Gasteiger partial charge in [0.1, 0.15) is 0 Å². The number of nitrogens with zero attached hydrogens (tertiary/aromatic N) is 3. The summed E-state index contributed by atoms with van der Waals surface area (Å²) < 4.78 is 0. The van der Waals surface area contributed by atoms with Gasteiger partial charge in [-0.05, 0) is 56.7 Å². The van der Waals surface area contributed by atoms with Crippen LogP contribution in [0.25, 0.3) is 0 Å². The summed E-state index contributed by atoms with van der Waals surface area (Å²) in [6, 6.07) is 10.1. The molecule has 2 aliphatic heterocycles. The predicted octanol–water partition coefficient (Wildman–Crippen LogP) is 4.05. The van der Waals surface area contributed by atoms with Crippen LogP contribution in [0.3, 0.4) is 0 Å². The Balaban J connectivity index is 1.35. The highest BCUT2D eigenvalue weighted by Crippen LogP contribution is 2.25. The number of fused-ring (bicyclic) bond motifs is 2. The van der Waals surface area contributed by atoms with Crippen LogP contribution in [0.1, 0.15) is 66.6 Å². The van der Waals surface area contributed by atoms with Gasteiger partial charge in [-0.25, -0.2) is 9.97 Å².